The summed E-state index contributed by atoms with van der Waals surface area (Å²) in [6.45, 7) is 0. The first kappa shape index (κ1) is 37.6. The molecule has 5 rings (SSSR count). The average molecular weight is 781 g/mol. The Morgan fingerprint density at radius 3 is 1.52 bits per heavy atom. The quantitative estimate of drug-likeness (QED) is 0.0926. The van der Waals surface area contributed by atoms with E-state index in [9.17, 15) is 44.7 Å². The third-order valence-corrected chi connectivity index (χ3v) is 6.67. The summed E-state index contributed by atoms with van der Waals surface area (Å²) in [7, 11) is 2.33. The summed E-state index contributed by atoms with van der Waals surface area (Å²) in [4.78, 5) is 31.5. The van der Waals surface area contributed by atoms with E-state index < -0.39 is 47.8 Å². The van der Waals surface area contributed by atoms with Crippen LogP contribution in [0.15, 0.2) is 65.5 Å². The molecule has 1 saturated carbocycles. The minimum atomic E-state index is -5.02. The van der Waals surface area contributed by atoms with Gasteiger partial charge in [-0.2, -0.15) is 0 Å². The average Bonchev–Trinajstić information content (AvgIpc) is 3.88. The summed E-state index contributed by atoms with van der Waals surface area (Å²) in [6, 6.07) is 8.00. The highest BCUT2D eigenvalue weighted by molar-refractivity contribution is 9.10. The Morgan fingerprint density at radius 1 is 0.680 bits per heavy atom. The van der Waals surface area contributed by atoms with Gasteiger partial charge in [0, 0.05) is 48.3 Å². The fourth-order valence-corrected chi connectivity index (χ4v) is 4.23. The van der Waals surface area contributed by atoms with Gasteiger partial charge in [-0.15, -0.1) is 26.3 Å². The van der Waals surface area contributed by atoms with Crippen LogP contribution in [0.3, 0.4) is 0 Å². The highest BCUT2D eigenvalue weighted by atomic mass is 79.9. The summed E-state index contributed by atoms with van der Waals surface area (Å²) < 4.78 is 128. The lowest BCUT2D eigenvalue weighted by atomic mass is 10.2. The second-order valence-electron chi connectivity index (χ2n) is 9.85. The number of aromatic nitrogens is 2. The van der Waals surface area contributed by atoms with Gasteiger partial charge in [-0.05, 0) is 53.0 Å². The van der Waals surface area contributed by atoms with Crippen molar-refractivity contribution in [1.82, 2.24) is 9.97 Å². The van der Waals surface area contributed by atoms with Crippen LogP contribution in [0, 0.1) is 11.6 Å². The van der Waals surface area contributed by atoms with E-state index in [1.165, 1.54) is 25.6 Å². The first-order chi connectivity index (χ1) is 23.5. The highest BCUT2D eigenvalue weighted by Gasteiger charge is 2.33. The van der Waals surface area contributed by atoms with E-state index in [2.05, 4.69) is 44.8 Å². The molecule has 2 aromatic carbocycles. The van der Waals surface area contributed by atoms with Gasteiger partial charge in [0.15, 0.2) is 23.1 Å². The molecule has 1 fully saturated rings. The molecule has 0 atom stereocenters. The van der Waals surface area contributed by atoms with Crippen molar-refractivity contribution in [1.29, 1.82) is 0 Å². The molecule has 0 spiro atoms. The normalized spacial score (nSPS) is 12.6. The zero-order valence-corrected chi connectivity index (χ0v) is 26.9. The Hall–Kier alpha value is -5.20. The van der Waals surface area contributed by atoms with Crippen LogP contribution in [-0.4, -0.2) is 48.9 Å². The first-order valence-corrected chi connectivity index (χ1v) is 14.5. The van der Waals surface area contributed by atoms with Crippen LogP contribution in [0.5, 0.6) is 34.5 Å². The van der Waals surface area contributed by atoms with Crippen molar-refractivity contribution in [3.63, 3.8) is 0 Å². The predicted octanol–water partition coefficient (Wildman–Crippen LogP) is 9.04. The number of nitrogens with zero attached hydrogens (tertiary/aromatic N) is 2. The van der Waals surface area contributed by atoms with Crippen LogP contribution in [0.25, 0.3) is 0 Å². The molecule has 2 aromatic heterocycles. The van der Waals surface area contributed by atoms with Crippen molar-refractivity contribution < 1.29 is 73.1 Å². The molecule has 0 aliphatic heterocycles. The maximum Gasteiger partial charge on any atom is 0.573 e. The van der Waals surface area contributed by atoms with Crippen LogP contribution in [0.4, 0.5) is 35.1 Å². The van der Waals surface area contributed by atoms with Crippen LogP contribution >= 0.6 is 15.9 Å². The Kier molecular flexibility index (Phi) is 11.7. The van der Waals surface area contributed by atoms with Gasteiger partial charge in [-0.25, -0.2) is 23.4 Å². The predicted molar refractivity (Wildman–Crippen MR) is 157 cm³/mol. The Balaban J connectivity index is 0.000000226. The second-order valence-corrected chi connectivity index (χ2v) is 10.7. The second kappa shape index (κ2) is 15.6. The summed E-state index contributed by atoms with van der Waals surface area (Å²) in [5, 5.41) is 0. The zero-order chi connectivity index (χ0) is 36.8. The fraction of sp³-hybridized carbons (Fsp3) is 0.226. The van der Waals surface area contributed by atoms with Gasteiger partial charge in [-0.1, -0.05) is 0 Å². The molecule has 0 radical (unpaired) electrons. The standard InChI is InChI=1S/C17H13F4NO4.C14H8BrF4NO4/c1-24-16(23)11-8-22-13(9-2-3-9)7-15(11)25-10-4-5-14(12(18)6-10)26-17(19,20)21;1-22-13(21)8-6-20-12(15)5-11(8)23-7-2-3-10(9(16)4-7)24-14(17,18)19/h4-9H,2-3H2,1H3;2-6H,1H3. The minimum Gasteiger partial charge on any atom is -0.465 e. The van der Waals surface area contributed by atoms with Gasteiger partial charge in [0.1, 0.15) is 38.7 Å². The highest BCUT2D eigenvalue weighted by Crippen LogP contribution is 2.41. The number of alkyl halides is 6. The van der Waals surface area contributed by atoms with E-state index in [1.54, 1.807) is 6.07 Å². The van der Waals surface area contributed by atoms with Crippen molar-refractivity contribution in [2.45, 2.75) is 31.5 Å². The molecule has 10 nitrogen and oxygen atoms in total. The largest absolute Gasteiger partial charge is 0.573 e. The number of rotatable bonds is 9. The number of methoxy groups -OCH3 is 2. The van der Waals surface area contributed by atoms with Crippen molar-refractivity contribution in [3.05, 3.63) is 94.0 Å². The third-order valence-electron chi connectivity index (χ3n) is 6.24. The zero-order valence-electron chi connectivity index (χ0n) is 25.3. The first-order valence-electron chi connectivity index (χ1n) is 13.7. The fourth-order valence-electron chi connectivity index (χ4n) is 3.92. The number of hydrogen-bond acceptors (Lipinski definition) is 10. The summed E-state index contributed by atoms with van der Waals surface area (Å²) in [5.74, 6) is -5.89. The number of benzene rings is 2. The molecular formula is C31H21BrF8N2O8. The molecule has 1 aliphatic rings. The molecule has 0 unspecified atom stereocenters. The van der Waals surface area contributed by atoms with Crippen LogP contribution in [0.2, 0.25) is 0 Å². The molecule has 0 bridgehead atoms. The van der Waals surface area contributed by atoms with E-state index in [0.717, 1.165) is 50.3 Å². The molecule has 0 N–H and O–H groups in total. The summed E-state index contributed by atoms with van der Waals surface area (Å²) >= 11 is 3.08. The van der Waals surface area contributed by atoms with E-state index in [0.29, 0.717) is 16.4 Å². The van der Waals surface area contributed by atoms with E-state index in [4.69, 9.17) is 9.47 Å². The molecule has 4 aromatic rings. The third kappa shape index (κ3) is 10.6. The van der Waals surface area contributed by atoms with Crippen LogP contribution in [-0.2, 0) is 9.47 Å². The SMILES string of the molecule is COC(=O)c1cnc(Br)cc1Oc1ccc(OC(F)(F)F)c(F)c1.COC(=O)c1cnc(C2CC2)cc1Oc1ccc(OC(F)(F)F)c(F)c1. The summed E-state index contributed by atoms with van der Waals surface area (Å²) in [5.41, 5.74) is 0.690. The van der Waals surface area contributed by atoms with Gasteiger partial charge in [0.05, 0.1) is 14.2 Å². The van der Waals surface area contributed by atoms with Gasteiger partial charge in [0.2, 0.25) is 0 Å². The summed E-state index contributed by atoms with van der Waals surface area (Å²) in [6.07, 6.45) is -5.64. The maximum absolute atomic E-state index is 13.8. The topological polar surface area (TPSA) is 115 Å². The number of halogens is 9. The Labute approximate surface area is 285 Å². The smallest absolute Gasteiger partial charge is 0.465 e. The van der Waals surface area contributed by atoms with E-state index in [-0.39, 0.29) is 40.0 Å². The minimum absolute atomic E-state index is 0.0207. The van der Waals surface area contributed by atoms with Crippen LogP contribution < -0.4 is 18.9 Å². The van der Waals surface area contributed by atoms with Gasteiger partial charge in [0.25, 0.3) is 0 Å². The molecule has 266 valence electrons. The Morgan fingerprint density at radius 2 is 1.12 bits per heavy atom. The molecule has 19 heteroatoms. The van der Waals surface area contributed by atoms with Gasteiger partial charge >= 0.3 is 24.7 Å². The van der Waals surface area contributed by atoms with Crippen molar-refractivity contribution in [2.24, 2.45) is 0 Å². The molecule has 0 amide bonds. The van der Waals surface area contributed by atoms with Gasteiger partial charge in [-0.3, -0.25) is 4.98 Å². The Bertz CT molecular complexity index is 1870. The number of esters is 2. The van der Waals surface area contributed by atoms with Crippen molar-refractivity contribution in [2.75, 3.05) is 14.2 Å². The van der Waals surface area contributed by atoms with E-state index in [1.807, 2.05) is 0 Å². The van der Waals surface area contributed by atoms with E-state index >= 15 is 0 Å². The molecule has 0 saturated heterocycles. The van der Waals surface area contributed by atoms with Crippen molar-refractivity contribution in [3.8, 4) is 34.5 Å². The molecule has 2 heterocycles. The monoisotopic (exact) mass is 780 g/mol. The molecule has 50 heavy (non-hydrogen) atoms. The lowest BCUT2D eigenvalue weighted by molar-refractivity contribution is -0.276. The molecular weight excluding hydrogens is 760 g/mol. The lowest BCUT2D eigenvalue weighted by Crippen LogP contribution is -2.17. The number of pyridine rings is 2. The number of carbonyl (C=O) groups is 2. The molecule has 1 aliphatic carbocycles. The van der Waals surface area contributed by atoms with Gasteiger partial charge < -0.3 is 28.4 Å². The maximum atomic E-state index is 13.8. The number of ether oxygens (including phenoxy) is 6. The number of carbonyl (C=O) groups excluding carboxylic acids is 2. The van der Waals surface area contributed by atoms with Crippen molar-refractivity contribution >= 4 is 27.9 Å². The number of hydrogen-bond donors (Lipinski definition) is 0. The van der Waals surface area contributed by atoms with Crippen LogP contribution in [0.1, 0.15) is 45.2 Å². The lowest BCUT2D eigenvalue weighted by Gasteiger charge is -2.13.